The topological polar surface area (TPSA) is 21.3 Å². The van der Waals surface area contributed by atoms with Crippen LogP contribution in [0.4, 0.5) is 0 Å². The van der Waals surface area contributed by atoms with Gasteiger partial charge < -0.3 is 10.1 Å². The molecule has 0 aliphatic rings. The van der Waals surface area contributed by atoms with Crippen LogP contribution < -0.4 is 10.1 Å². The highest BCUT2D eigenvalue weighted by atomic mass is 16.5. The molecule has 0 unspecified atom stereocenters. The Morgan fingerprint density at radius 3 is 2.67 bits per heavy atom. The van der Waals surface area contributed by atoms with Gasteiger partial charge in [-0.1, -0.05) is 19.1 Å². The Hall–Kier alpha value is -1.02. The fourth-order valence-corrected chi connectivity index (χ4v) is 1.55. The molecule has 1 N–H and O–H groups in total. The molecular formula is C13H21NO. The molecular weight excluding hydrogens is 186 g/mol. The Morgan fingerprint density at radius 1 is 1.33 bits per heavy atom. The van der Waals surface area contributed by atoms with E-state index in [1.165, 1.54) is 5.56 Å². The van der Waals surface area contributed by atoms with Crippen molar-refractivity contribution >= 4 is 0 Å². The third-order valence-electron chi connectivity index (χ3n) is 2.74. The zero-order valence-corrected chi connectivity index (χ0v) is 10.1. The minimum atomic E-state index is 0.370. The fourth-order valence-electron chi connectivity index (χ4n) is 1.55. The van der Waals surface area contributed by atoms with E-state index in [4.69, 9.17) is 4.74 Å². The van der Waals surface area contributed by atoms with Crippen molar-refractivity contribution in [1.82, 2.24) is 5.32 Å². The van der Waals surface area contributed by atoms with E-state index >= 15 is 0 Å². The van der Waals surface area contributed by atoms with Crippen LogP contribution in [-0.2, 0) is 0 Å². The summed E-state index contributed by atoms with van der Waals surface area (Å²) in [5, 5.41) is 3.54. The van der Waals surface area contributed by atoms with Gasteiger partial charge in [-0.25, -0.2) is 0 Å². The van der Waals surface area contributed by atoms with Crippen LogP contribution in [0.25, 0.3) is 0 Å². The van der Waals surface area contributed by atoms with Crippen LogP contribution in [0.3, 0.4) is 0 Å². The molecule has 0 saturated heterocycles. The Balaban J connectivity index is 2.68. The maximum Gasteiger partial charge on any atom is 0.119 e. The number of benzene rings is 1. The summed E-state index contributed by atoms with van der Waals surface area (Å²) in [6.07, 6.45) is 1.15. The van der Waals surface area contributed by atoms with E-state index in [9.17, 15) is 0 Å². The van der Waals surface area contributed by atoms with Crippen LogP contribution >= 0.6 is 0 Å². The van der Waals surface area contributed by atoms with E-state index in [-0.39, 0.29) is 0 Å². The first-order valence-electron chi connectivity index (χ1n) is 5.57. The van der Waals surface area contributed by atoms with Gasteiger partial charge in [0.2, 0.25) is 0 Å². The fraction of sp³-hybridized carbons (Fsp3) is 0.538. The highest BCUT2D eigenvalue weighted by Crippen LogP contribution is 2.19. The molecule has 84 valence electrons. The lowest BCUT2D eigenvalue weighted by Gasteiger charge is -2.19. The molecule has 2 heteroatoms. The molecule has 2 atom stereocenters. The number of hydrogen-bond donors (Lipinski definition) is 1. The average molecular weight is 207 g/mol. The van der Waals surface area contributed by atoms with Crippen molar-refractivity contribution in [3.63, 3.8) is 0 Å². The first-order chi connectivity index (χ1) is 7.17. The Bertz CT molecular complexity index is 298. The average Bonchev–Trinajstić information content (AvgIpc) is 2.28. The largest absolute Gasteiger partial charge is 0.497 e. The molecule has 0 heterocycles. The Morgan fingerprint density at radius 2 is 2.07 bits per heavy atom. The molecule has 0 radical (unpaired) electrons. The lowest BCUT2D eigenvalue weighted by atomic mass is 10.1. The van der Waals surface area contributed by atoms with Gasteiger partial charge in [-0.15, -0.1) is 0 Å². The van der Waals surface area contributed by atoms with Crippen molar-refractivity contribution in [2.75, 3.05) is 7.11 Å². The zero-order valence-electron chi connectivity index (χ0n) is 10.1. The first kappa shape index (κ1) is 12.1. The van der Waals surface area contributed by atoms with Crippen molar-refractivity contribution in [1.29, 1.82) is 0 Å². The lowest BCUT2D eigenvalue weighted by molar-refractivity contribution is 0.412. The summed E-state index contributed by atoms with van der Waals surface area (Å²) in [5.41, 5.74) is 1.27. The molecule has 0 bridgehead atoms. The monoisotopic (exact) mass is 207 g/mol. The number of rotatable bonds is 5. The van der Waals surface area contributed by atoms with Gasteiger partial charge in [0.05, 0.1) is 7.11 Å². The maximum atomic E-state index is 5.21. The van der Waals surface area contributed by atoms with Crippen LogP contribution in [0.1, 0.15) is 38.8 Å². The summed E-state index contributed by atoms with van der Waals surface area (Å²) in [6.45, 7) is 6.58. The second-order valence-electron chi connectivity index (χ2n) is 3.97. The standard InChI is InChI=1S/C13H21NO/c1-5-10(2)14-11(3)12-7-6-8-13(9-12)15-4/h6-11,14H,5H2,1-4H3/t10-,11+/m0/s1. The second kappa shape index (κ2) is 5.76. The van der Waals surface area contributed by atoms with E-state index in [2.05, 4.69) is 38.2 Å². The first-order valence-corrected chi connectivity index (χ1v) is 5.57. The highest BCUT2D eigenvalue weighted by Gasteiger charge is 2.08. The van der Waals surface area contributed by atoms with Crippen LogP contribution in [0.5, 0.6) is 5.75 Å². The molecule has 0 fully saturated rings. The van der Waals surface area contributed by atoms with Crippen LogP contribution in [0.2, 0.25) is 0 Å². The van der Waals surface area contributed by atoms with Gasteiger partial charge >= 0.3 is 0 Å². The molecule has 1 aromatic rings. The normalized spacial score (nSPS) is 14.7. The number of nitrogens with one attached hydrogen (secondary N) is 1. The quantitative estimate of drug-likeness (QED) is 0.801. The molecule has 0 aromatic heterocycles. The van der Waals surface area contributed by atoms with Crippen LogP contribution in [-0.4, -0.2) is 13.2 Å². The van der Waals surface area contributed by atoms with E-state index < -0.39 is 0 Å². The van der Waals surface area contributed by atoms with Crippen molar-refractivity contribution in [3.05, 3.63) is 29.8 Å². The maximum absolute atomic E-state index is 5.21. The van der Waals surface area contributed by atoms with Gasteiger partial charge in [-0.3, -0.25) is 0 Å². The summed E-state index contributed by atoms with van der Waals surface area (Å²) < 4.78 is 5.21. The molecule has 0 spiro atoms. The molecule has 1 rings (SSSR count). The highest BCUT2D eigenvalue weighted by molar-refractivity contribution is 5.30. The van der Waals surface area contributed by atoms with Gasteiger partial charge in [0.1, 0.15) is 5.75 Å². The van der Waals surface area contributed by atoms with Crippen molar-refractivity contribution < 1.29 is 4.74 Å². The summed E-state index contributed by atoms with van der Waals surface area (Å²) in [5.74, 6) is 0.922. The van der Waals surface area contributed by atoms with Gasteiger partial charge in [-0.2, -0.15) is 0 Å². The minimum Gasteiger partial charge on any atom is -0.497 e. The van der Waals surface area contributed by atoms with E-state index in [1.54, 1.807) is 7.11 Å². The smallest absolute Gasteiger partial charge is 0.119 e. The summed E-state index contributed by atoms with van der Waals surface area (Å²) in [7, 11) is 1.70. The molecule has 1 aromatic carbocycles. The minimum absolute atomic E-state index is 0.370. The summed E-state index contributed by atoms with van der Waals surface area (Å²) >= 11 is 0. The molecule has 0 saturated carbocycles. The van der Waals surface area contributed by atoms with Crippen molar-refractivity contribution in [2.24, 2.45) is 0 Å². The SMILES string of the molecule is CC[C@H](C)N[C@H](C)c1cccc(OC)c1. The van der Waals surface area contributed by atoms with E-state index in [0.29, 0.717) is 12.1 Å². The van der Waals surface area contributed by atoms with Crippen LogP contribution in [0.15, 0.2) is 24.3 Å². The number of methoxy groups -OCH3 is 1. The predicted molar refractivity (Wildman–Crippen MR) is 64.3 cm³/mol. The Labute approximate surface area is 92.6 Å². The van der Waals surface area contributed by atoms with Gasteiger partial charge in [0.15, 0.2) is 0 Å². The van der Waals surface area contributed by atoms with Crippen molar-refractivity contribution in [3.8, 4) is 5.75 Å². The zero-order chi connectivity index (χ0) is 11.3. The molecule has 0 aliphatic carbocycles. The predicted octanol–water partition coefficient (Wildman–Crippen LogP) is 3.14. The third-order valence-corrected chi connectivity index (χ3v) is 2.74. The number of ether oxygens (including phenoxy) is 1. The van der Waals surface area contributed by atoms with E-state index in [0.717, 1.165) is 12.2 Å². The van der Waals surface area contributed by atoms with Crippen molar-refractivity contribution in [2.45, 2.75) is 39.3 Å². The molecule has 0 amide bonds. The van der Waals surface area contributed by atoms with Crippen LogP contribution in [0, 0.1) is 0 Å². The van der Waals surface area contributed by atoms with Gasteiger partial charge in [0.25, 0.3) is 0 Å². The molecule has 0 aliphatic heterocycles. The lowest BCUT2D eigenvalue weighted by Crippen LogP contribution is -2.28. The van der Waals surface area contributed by atoms with E-state index in [1.807, 2.05) is 12.1 Å². The van der Waals surface area contributed by atoms with Gasteiger partial charge in [-0.05, 0) is 38.0 Å². The number of hydrogen-bond acceptors (Lipinski definition) is 2. The van der Waals surface area contributed by atoms with Gasteiger partial charge in [0, 0.05) is 12.1 Å². The molecule has 15 heavy (non-hydrogen) atoms. The summed E-state index contributed by atoms with van der Waals surface area (Å²) in [4.78, 5) is 0. The summed E-state index contributed by atoms with van der Waals surface area (Å²) in [6, 6.07) is 9.13. The third kappa shape index (κ3) is 3.56. The molecule has 2 nitrogen and oxygen atoms in total. The second-order valence-corrected chi connectivity index (χ2v) is 3.97. The Kier molecular flexibility index (Phi) is 4.63.